The van der Waals surface area contributed by atoms with Gasteiger partial charge < -0.3 is 10.1 Å². The fourth-order valence-electron chi connectivity index (χ4n) is 1.33. The molecule has 0 aromatic heterocycles. The molecule has 0 saturated carbocycles. The first-order chi connectivity index (χ1) is 8.12. The second-order valence-corrected chi connectivity index (χ2v) is 3.58. The lowest BCUT2D eigenvalue weighted by atomic mass is 10.1. The third-order valence-corrected chi connectivity index (χ3v) is 2.46. The highest BCUT2D eigenvalue weighted by Gasteiger charge is 2.11. The minimum atomic E-state index is -0.638. The van der Waals surface area contributed by atoms with Crippen molar-refractivity contribution in [2.75, 3.05) is 19.0 Å². The summed E-state index contributed by atoms with van der Waals surface area (Å²) in [6, 6.07) is 4.08. The van der Waals surface area contributed by atoms with Crippen LogP contribution in [0.25, 0.3) is 0 Å². The quantitative estimate of drug-likeness (QED) is 0.860. The molecular formula is C12H14F2N2O. The third-order valence-electron chi connectivity index (χ3n) is 2.46. The van der Waals surface area contributed by atoms with Crippen LogP contribution >= 0.6 is 0 Å². The van der Waals surface area contributed by atoms with Crippen LogP contribution in [0.2, 0.25) is 0 Å². The van der Waals surface area contributed by atoms with E-state index in [1.807, 2.05) is 6.92 Å². The molecule has 1 N–H and O–H groups in total. The van der Waals surface area contributed by atoms with Gasteiger partial charge in [-0.3, -0.25) is 0 Å². The Balaban J connectivity index is 2.79. The number of anilines is 1. The maximum absolute atomic E-state index is 13.5. The third kappa shape index (κ3) is 3.31. The van der Waals surface area contributed by atoms with Crippen molar-refractivity contribution in [1.29, 1.82) is 5.26 Å². The molecule has 0 heterocycles. The first-order valence-electron chi connectivity index (χ1n) is 5.28. The van der Waals surface area contributed by atoms with Gasteiger partial charge in [-0.2, -0.15) is 5.26 Å². The Bertz CT molecular complexity index is 429. The topological polar surface area (TPSA) is 45.0 Å². The highest BCUT2D eigenvalue weighted by atomic mass is 19.1. The summed E-state index contributed by atoms with van der Waals surface area (Å²) in [6.07, 6.45) is 0.657. The van der Waals surface area contributed by atoms with Gasteiger partial charge in [-0.1, -0.05) is 6.92 Å². The van der Waals surface area contributed by atoms with Gasteiger partial charge in [0.1, 0.15) is 5.82 Å². The van der Waals surface area contributed by atoms with Gasteiger partial charge in [0.05, 0.1) is 24.8 Å². The van der Waals surface area contributed by atoms with Crippen LogP contribution in [0.3, 0.4) is 0 Å². The smallest absolute Gasteiger partial charge is 0.167 e. The summed E-state index contributed by atoms with van der Waals surface area (Å²) >= 11 is 0. The molecule has 1 unspecified atom stereocenters. The number of hydrogen-bond acceptors (Lipinski definition) is 3. The van der Waals surface area contributed by atoms with Crippen LogP contribution < -0.4 is 10.1 Å². The van der Waals surface area contributed by atoms with Crippen molar-refractivity contribution in [3.63, 3.8) is 0 Å². The molecule has 5 heteroatoms. The van der Waals surface area contributed by atoms with Crippen LogP contribution in [0.1, 0.15) is 13.3 Å². The summed E-state index contributed by atoms with van der Waals surface area (Å²) in [6.45, 7) is 2.15. The van der Waals surface area contributed by atoms with E-state index in [9.17, 15) is 8.78 Å². The number of rotatable bonds is 5. The molecule has 1 rings (SSSR count). The van der Waals surface area contributed by atoms with Gasteiger partial charge in [-0.25, -0.2) is 8.78 Å². The average Bonchev–Trinajstić information content (AvgIpc) is 2.34. The Morgan fingerprint density at radius 3 is 2.65 bits per heavy atom. The second-order valence-electron chi connectivity index (χ2n) is 3.58. The Labute approximate surface area is 99.0 Å². The number of nitrogens with one attached hydrogen (secondary N) is 1. The number of nitrogens with zero attached hydrogens (tertiary/aromatic N) is 1. The second kappa shape index (κ2) is 6.04. The average molecular weight is 240 g/mol. The summed E-state index contributed by atoms with van der Waals surface area (Å²) in [7, 11) is 1.27. The summed E-state index contributed by atoms with van der Waals surface area (Å²) in [5.74, 6) is -1.60. The van der Waals surface area contributed by atoms with E-state index in [4.69, 9.17) is 5.26 Å². The van der Waals surface area contributed by atoms with Gasteiger partial charge in [0, 0.05) is 18.7 Å². The minimum absolute atomic E-state index is 0.0389. The Morgan fingerprint density at radius 2 is 2.12 bits per heavy atom. The molecular weight excluding hydrogens is 226 g/mol. The number of ether oxygens (including phenoxy) is 1. The number of hydrogen-bond donors (Lipinski definition) is 1. The fourth-order valence-corrected chi connectivity index (χ4v) is 1.33. The van der Waals surface area contributed by atoms with E-state index in [-0.39, 0.29) is 23.9 Å². The molecule has 1 atom stereocenters. The normalized spacial score (nSPS) is 11.7. The monoisotopic (exact) mass is 240 g/mol. The highest BCUT2D eigenvalue weighted by Crippen LogP contribution is 2.24. The Kier molecular flexibility index (Phi) is 4.70. The molecule has 0 fully saturated rings. The van der Waals surface area contributed by atoms with E-state index >= 15 is 0 Å². The molecule has 0 spiro atoms. The number of benzene rings is 1. The molecule has 1 aromatic carbocycles. The van der Waals surface area contributed by atoms with Crippen LogP contribution in [-0.2, 0) is 0 Å². The van der Waals surface area contributed by atoms with Gasteiger partial charge in [0.2, 0.25) is 0 Å². The molecule has 1 aromatic rings. The van der Waals surface area contributed by atoms with Gasteiger partial charge in [-0.15, -0.1) is 0 Å². The Hall–Kier alpha value is -1.83. The number of methoxy groups -OCH3 is 1. The van der Waals surface area contributed by atoms with E-state index in [1.165, 1.54) is 7.11 Å². The molecule has 0 aliphatic carbocycles. The zero-order chi connectivity index (χ0) is 12.8. The summed E-state index contributed by atoms with van der Waals surface area (Å²) in [4.78, 5) is 0. The lowest BCUT2D eigenvalue weighted by Crippen LogP contribution is -2.13. The van der Waals surface area contributed by atoms with Crippen LogP contribution in [0.4, 0.5) is 14.5 Å². The maximum Gasteiger partial charge on any atom is 0.167 e. The van der Waals surface area contributed by atoms with E-state index in [1.54, 1.807) is 0 Å². The van der Waals surface area contributed by atoms with Crippen molar-refractivity contribution in [2.45, 2.75) is 13.3 Å². The van der Waals surface area contributed by atoms with Crippen molar-refractivity contribution in [3.05, 3.63) is 23.8 Å². The summed E-state index contributed by atoms with van der Waals surface area (Å²) in [5, 5.41) is 11.4. The SMILES string of the molecule is CCC(C#N)CNc1cc(F)c(OC)cc1F. The first-order valence-corrected chi connectivity index (χ1v) is 5.28. The first kappa shape index (κ1) is 13.2. The lowest BCUT2D eigenvalue weighted by molar-refractivity contribution is 0.383. The molecule has 0 aliphatic heterocycles. The summed E-state index contributed by atoms with van der Waals surface area (Å²) < 4.78 is 31.5. The van der Waals surface area contributed by atoms with Crippen molar-refractivity contribution < 1.29 is 13.5 Å². The Morgan fingerprint density at radius 1 is 1.41 bits per heavy atom. The van der Waals surface area contributed by atoms with Crippen molar-refractivity contribution in [2.24, 2.45) is 5.92 Å². The van der Waals surface area contributed by atoms with E-state index < -0.39 is 11.6 Å². The molecule has 92 valence electrons. The molecule has 0 amide bonds. The van der Waals surface area contributed by atoms with E-state index in [0.717, 1.165) is 12.1 Å². The predicted octanol–water partition coefficient (Wildman–Crippen LogP) is 2.94. The van der Waals surface area contributed by atoms with Gasteiger partial charge in [-0.05, 0) is 6.42 Å². The predicted molar refractivity (Wildman–Crippen MR) is 60.8 cm³/mol. The maximum atomic E-state index is 13.5. The van der Waals surface area contributed by atoms with Crippen molar-refractivity contribution >= 4 is 5.69 Å². The van der Waals surface area contributed by atoms with Crippen molar-refractivity contribution in [3.8, 4) is 11.8 Å². The van der Waals surface area contributed by atoms with E-state index in [2.05, 4.69) is 16.1 Å². The standard InChI is InChI=1S/C12H14F2N2O/c1-3-8(6-15)7-16-11-4-10(14)12(17-2)5-9(11)13/h4-5,8,16H,3,7H2,1-2H3. The van der Waals surface area contributed by atoms with Crippen molar-refractivity contribution in [1.82, 2.24) is 0 Å². The summed E-state index contributed by atoms with van der Waals surface area (Å²) in [5.41, 5.74) is 0.0389. The molecule has 0 saturated heterocycles. The van der Waals surface area contributed by atoms with Crippen LogP contribution in [0.15, 0.2) is 12.1 Å². The lowest BCUT2D eigenvalue weighted by Gasteiger charge is -2.11. The molecule has 0 radical (unpaired) electrons. The van der Waals surface area contributed by atoms with Crippen LogP contribution in [0.5, 0.6) is 5.75 Å². The van der Waals surface area contributed by atoms with E-state index in [0.29, 0.717) is 6.42 Å². The van der Waals surface area contributed by atoms with Crippen LogP contribution in [0, 0.1) is 28.9 Å². The van der Waals surface area contributed by atoms with Gasteiger partial charge in [0.15, 0.2) is 11.6 Å². The van der Waals surface area contributed by atoms with Gasteiger partial charge in [0.25, 0.3) is 0 Å². The molecule has 17 heavy (non-hydrogen) atoms. The number of halogens is 2. The fraction of sp³-hybridized carbons (Fsp3) is 0.417. The molecule has 0 aliphatic rings. The zero-order valence-corrected chi connectivity index (χ0v) is 9.76. The zero-order valence-electron chi connectivity index (χ0n) is 9.76. The van der Waals surface area contributed by atoms with Gasteiger partial charge >= 0.3 is 0 Å². The molecule has 0 bridgehead atoms. The molecule has 3 nitrogen and oxygen atoms in total. The minimum Gasteiger partial charge on any atom is -0.494 e. The number of nitriles is 1. The highest BCUT2D eigenvalue weighted by molar-refractivity contribution is 5.49. The van der Waals surface area contributed by atoms with Crippen LogP contribution in [-0.4, -0.2) is 13.7 Å². The largest absolute Gasteiger partial charge is 0.494 e.